The normalized spacial score (nSPS) is 13.4. The average molecular weight is 267 g/mol. The molecule has 4 heteroatoms. The first-order chi connectivity index (χ1) is 9.66. The van der Waals surface area contributed by atoms with Gasteiger partial charge in [-0.25, -0.2) is 0 Å². The van der Waals surface area contributed by atoms with Crippen LogP contribution in [0.25, 0.3) is 0 Å². The fourth-order valence-electron chi connectivity index (χ4n) is 2.56. The minimum atomic E-state index is -1.02. The van der Waals surface area contributed by atoms with Crippen LogP contribution in [0.3, 0.4) is 0 Å². The van der Waals surface area contributed by atoms with Crippen molar-refractivity contribution >= 4 is 17.6 Å². The molecule has 0 radical (unpaired) electrons. The smallest absolute Gasteiger partial charge is 0.323 e. The van der Waals surface area contributed by atoms with Crippen molar-refractivity contribution in [2.24, 2.45) is 0 Å². The van der Waals surface area contributed by atoms with Crippen LogP contribution < -0.4 is 4.90 Å². The molecule has 0 saturated carbocycles. The fraction of sp³-hybridized carbons (Fsp3) is 0.125. The molecule has 1 aliphatic heterocycles. The van der Waals surface area contributed by atoms with Crippen molar-refractivity contribution in [2.45, 2.75) is 6.42 Å². The van der Waals surface area contributed by atoms with Crippen LogP contribution in [0.5, 0.6) is 0 Å². The van der Waals surface area contributed by atoms with Gasteiger partial charge in [0, 0.05) is 17.7 Å². The second kappa shape index (κ2) is 4.81. The SMILES string of the molecule is O=C(O)CN1C(=O)c2ccccc2Cc2ccccc21. The van der Waals surface area contributed by atoms with Gasteiger partial charge in [-0.2, -0.15) is 0 Å². The summed E-state index contributed by atoms with van der Waals surface area (Å²) >= 11 is 0. The molecule has 4 nitrogen and oxygen atoms in total. The number of hydrogen-bond donors (Lipinski definition) is 1. The number of fused-ring (bicyclic) bond motifs is 2. The Morgan fingerprint density at radius 1 is 1.05 bits per heavy atom. The van der Waals surface area contributed by atoms with E-state index in [1.807, 2.05) is 30.3 Å². The van der Waals surface area contributed by atoms with Crippen molar-refractivity contribution in [1.82, 2.24) is 0 Å². The van der Waals surface area contributed by atoms with E-state index in [2.05, 4.69) is 0 Å². The summed E-state index contributed by atoms with van der Waals surface area (Å²) in [5, 5.41) is 9.06. The fourth-order valence-corrected chi connectivity index (χ4v) is 2.56. The largest absolute Gasteiger partial charge is 0.480 e. The number of benzene rings is 2. The third kappa shape index (κ3) is 2.05. The first-order valence-electron chi connectivity index (χ1n) is 6.36. The number of nitrogens with zero attached hydrogens (tertiary/aromatic N) is 1. The second-order valence-electron chi connectivity index (χ2n) is 4.75. The number of para-hydroxylation sites is 1. The lowest BCUT2D eigenvalue weighted by atomic mass is 10.0. The Morgan fingerprint density at radius 2 is 1.70 bits per heavy atom. The van der Waals surface area contributed by atoms with Gasteiger partial charge in [0.25, 0.3) is 5.91 Å². The maximum absolute atomic E-state index is 12.6. The zero-order valence-electron chi connectivity index (χ0n) is 10.7. The first kappa shape index (κ1) is 12.4. The van der Waals surface area contributed by atoms with Gasteiger partial charge < -0.3 is 5.11 Å². The number of carbonyl (C=O) groups is 2. The Morgan fingerprint density at radius 3 is 2.45 bits per heavy atom. The van der Waals surface area contributed by atoms with Crippen LogP contribution in [0.2, 0.25) is 0 Å². The summed E-state index contributed by atoms with van der Waals surface area (Å²) in [6.45, 7) is -0.329. The molecule has 1 aliphatic rings. The van der Waals surface area contributed by atoms with Gasteiger partial charge in [-0.3, -0.25) is 14.5 Å². The molecule has 20 heavy (non-hydrogen) atoms. The van der Waals surface area contributed by atoms with Crippen molar-refractivity contribution in [3.05, 3.63) is 65.2 Å². The van der Waals surface area contributed by atoms with Gasteiger partial charge in [0.15, 0.2) is 0 Å². The monoisotopic (exact) mass is 267 g/mol. The Kier molecular flexibility index (Phi) is 2.99. The third-order valence-corrected chi connectivity index (χ3v) is 3.45. The summed E-state index contributed by atoms with van der Waals surface area (Å²) < 4.78 is 0. The van der Waals surface area contributed by atoms with E-state index in [1.165, 1.54) is 4.90 Å². The third-order valence-electron chi connectivity index (χ3n) is 3.45. The molecule has 2 aromatic rings. The summed E-state index contributed by atoms with van der Waals surface area (Å²) in [7, 11) is 0. The molecule has 1 N–H and O–H groups in total. The molecule has 0 spiro atoms. The molecule has 0 aliphatic carbocycles. The Hall–Kier alpha value is -2.62. The van der Waals surface area contributed by atoms with Crippen molar-refractivity contribution in [3.8, 4) is 0 Å². The molecule has 2 aromatic carbocycles. The molecule has 1 amide bonds. The zero-order valence-corrected chi connectivity index (χ0v) is 10.7. The highest BCUT2D eigenvalue weighted by Crippen LogP contribution is 2.30. The van der Waals surface area contributed by atoms with Crippen LogP contribution >= 0.6 is 0 Å². The van der Waals surface area contributed by atoms with E-state index in [4.69, 9.17) is 5.11 Å². The molecule has 0 fully saturated rings. The molecule has 0 atom stereocenters. The second-order valence-corrected chi connectivity index (χ2v) is 4.75. The molecule has 0 aromatic heterocycles. The quantitative estimate of drug-likeness (QED) is 0.908. The molecule has 3 rings (SSSR count). The van der Waals surface area contributed by atoms with Gasteiger partial charge >= 0.3 is 5.97 Å². The van der Waals surface area contributed by atoms with Crippen molar-refractivity contribution in [1.29, 1.82) is 0 Å². The number of amides is 1. The zero-order chi connectivity index (χ0) is 14.1. The topological polar surface area (TPSA) is 57.6 Å². The van der Waals surface area contributed by atoms with Crippen molar-refractivity contribution < 1.29 is 14.7 Å². The predicted molar refractivity (Wildman–Crippen MR) is 75.0 cm³/mol. The van der Waals surface area contributed by atoms with E-state index >= 15 is 0 Å². The molecular formula is C16H13NO3. The Bertz CT molecular complexity index is 694. The minimum Gasteiger partial charge on any atom is -0.480 e. The lowest BCUT2D eigenvalue weighted by molar-refractivity contribution is -0.135. The first-order valence-corrected chi connectivity index (χ1v) is 6.36. The molecule has 100 valence electrons. The highest BCUT2D eigenvalue weighted by molar-refractivity contribution is 6.10. The van der Waals surface area contributed by atoms with Crippen molar-refractivity contribution in [2.75, 3.05) is 11.4 Å². The van der Waals surface area contributed by atoms with Gasteiger partial charge in [0.1, 0.15) is 6.54 Å². The van der Waals surface area contributed by atoms with Crippen LogP contribution in [0.1, 0.15) is 21.5 Å². The van der Waals surface area contributed by atoms with Crippen LogP contribution in [0.4, 0.5) is 5.69 Å². The van der Waals surface area contributed by atoms with E-state index in [1.54, 1.807) is 18.2 Å². The molecule has 0 unspecified atom stereocenters. The van der Waals surface area contributed by atoms with E-state index in [0.29, 0.717) is 17.7 Å². The summed E-state index contributed by atoms with van der Waals surface area (Å²) in [6.07, 6.45) is 0.633. The number of hydrogen-bond acceptors (Lipinski definition) is 2. The van der Waals surface area contributed by atoms with E-state index in [0.717, 1.165) is 11.1 Å². The summed E-state index contributed by atoms with van der Waals surface area (Å²) in [5.74, 6) is -1.28. The Balaban J connectivity index is 2.19. The summed E-state index contributed by atoms with van der Waals surface area (Å²) in [5.41, 5.74) is 3.14. The van der Waals surface area contributed by atoms with Gasteiger partial charge in [-0.15, -0.1) is 0 Å². The predicted octanol–water partition coefficient (Wildman–Crippen LogP) is 2.32. The van der Waals surface area contributed by atoms with Crippen LogP contribution in [-0.2, 0) is 11.2 Å². The van der Waals surface area contributed by atoms with Gasteiger partial charge in [0.05, 0.1) is 0 Å². The van der Waals surface area contributed by atoms with Crippen molar-refractivity contribution in [3.63, 3.8) is 0 Å². The highest BCUT2D eigenvalue weighted by atomic mass is 16.4. The molecule has 0 saturated heterocycles. The minimum absolute atomic E-state index is 0.257. The van der Waals surface area contributed by atoms with E-state index in [9.17, 15) is 9.59 Å². The van der Waals surface area contributed by atoms with E-state index in [-0.39, 0.29) is 12.5 Å². The maximum atomic E-state index is 12.6. The molecule has 0 bridgehead atoms. The lowest BCUT2D eigenvalue weighted by Crippen LogP contribution is -2.35. The average Bonchev–Trinajstić information content (AvgIpc) is 2.55. The number of rotatable bonds is 2. The van der Waals surface area contributed by atoms with Gasteiger partial charge in [0.2, 0.25) is 0 Å². The standard InChI is InChI=1S/C16H13NO3/c18-15(19)10-17-14-8-4-2-6-12(14)9-11-5-1-3-7-13(11)16(17)20/h1-8H,9-10H2,(H,18,19). The van der Waals surface area contributed by atoms with E-state index < -0.39 is 5.97 Å². The lowest BCUT2D eigenvalue weighted by Gasteiger charge is -2.21. The number of anilines is 1. The molecule has 1 heterocycles. The Labute approximate surface area is 116 Å². The van der Waals surface area contributed by atoms with Crippen LogP contribution in [0, 0.1) is 0 Å². The van der Waals surface area contributed by atoms with Crippen LogP contribution in [-0.4, -0.2) is 23.5 Å². The number of aliphatic carboxylic acids is 1. The van der Waals surface area contributed by atoms with Gasteiger partial charge in [-0.1, -0.05) is 36.4 Å². The van der Waals surface area contributed by atoms with Gasteiger partial charge in [-0.05, 0) is 23.3 Å². The number of carbonyl (C=O) groups excluding carboxylic acids is 1. The maximum Gasteiger partial charge on any atom is 0.323 e. The molecular weight excluding hydrogens is 254 g/mol. The summed E-state index contributed by atoms with van der Waals surface area (Å²) in [6, 6.07) is 14.8. The number of carboxylic acids is 1. The number of carboxylic acid groups (broad SMARTS) is 1. The highest BCUT2D eigenvalue weighted by Gasteiger charge is 2.27. The van der Waals surface area contributed by atoms with Crippen LogP contribution in [0.15, 0.2) is 48.5 Å². The summed E-state index contributed by atoms with van der Waals surface area (Å²) in [4.78, 5) is 25.0.